The molecule has 6 nitrogen and oxygen atoms in total. The van der Waals surface area contributed by atoms with Gasteiger partial charge >= 0.3 is 5.97 Å². The summed E-state index contributed by atoms with van der Waals surface area (Å²) in [5, 5.41) is 16.7. The van der Waals surface area contributed by atoms with Gasteiger partial charge in [0, 0.05) is 25.2 Å². The Balaban J connectivity index is 1.73. The van der Waals surface area contributed by atoms with Crippen molar-refractivity contribution in [2.75, 3.05) is 26.2 Å². The van der Waals surface area contributed by atoms with Crippen LogP contribution in [-0.2, 0) is 11.3 Å². The maximum atomic E-state index is 11.5. The Hall–Kier alpha value is -2.18. The number of aromatic amines is 1. The van der Waals surface area contributed by atoms with Crippen LogP contribution in [-0.4, -0.2) is 63.3 Å². The number of aromatic nitrogens is 2. The predicted molar refractivity (Wildman–Crippen MR) is 97.2 cm³/mol. The van der Waals surface area contributed by atoms with E-state index < -0.39 is 12.0 Å². The van der Waals surface area contributed by atoms with Crippen molar-refractivity contribution in [3.63, 3.8) is 0 Å². The number of aliphatic carboxylic acids is 1. The molecule has 0 spiro atoms. The molecule has 3 rings (SSSR count). The second-order valence-electron chi connectivity index (χ2n) is 6.67. The van der Waals surface area contributed by atoms with Crippen LogP contribution in [0.2, 0.25) is 0 Å². The number of nitrogens with one attached hydrogen (secondary N) is 1. The highest BCUT2D eigenvalue weighted by atomic mass is 16.4. The van der Waals surface area contributed by atoms with E-state index in [1.165, 1.54) is 12.8 Å². The van der Waals surface area contributed by atoms with E-state index in [2.05, 4.69) is 15.1 Å². The fraction of sp³-hybridized carbons (Fsp3) is 0.474. The Kier molecular flexibility index (Phi) is 5.83. The van der Waals surface area contributed by atoms with Gasteiger partial charge in [-0.2, -0.15) is 5.10 Å². The SMILES string of the molecule is CC(C(=O)O)N(CCN1CCCC1)Cc1cn[nH]c1-c1ccccc1. The van der Waals surface area contributed by atoms with Crippen molar-refractivity contribution in [1.82, 2.24) is 20.0 Å². The van der Waals surface area contributed by atoms with Gasteiger partial charge in [0.2, 0.25) is 0 Å². The number of hydrogen-bond acceptors (Lipinski definition) is 4. The first-order valence-corrected chi connectivity index (χ1v) is 8.92. The number of rotatable bonds is 8. The van der Waals surface area contributed by atoms with E-state index in [1.54, 1.807) is 13.1 Å². The number of benzene rings is 1. The second kappa shape index (κ2) is 8.27. The predicted octanol–water partition coefficient (Wildman–Crippen LogP) is 2.45. The third-order valence-electron chi connectivity index (χ3n) is 4.96. The molecule has 2 aromatic rings. The highest BCUT2D eigenvalue weighted by Gasteiger charge is 2.23. The van der Waals surface area contributed by atoms with Gasteiger partial charge in [-0.25, -0.2) is 0 Å². The average Bonchev–Trinajstić information content (AvgIpc) is 3.30. The zero-order valence-electron chi connectivity index (χ0n) is 14.7. The van der Waals surface area contributed by atoms with Crippen LogP contribution in [0.3, 0.4) is 0 Å². The average molecular weight is 342 g/mol. The van der Waals surface area contributed by atoms with Crippen LogP contribution in [0.25, 0.3) is 11.3 Å². The molecule has 0 bridgehead atoms. The van der Waals surface area contributed by atoms with Crippen molar-refractivity contribution >= 4 is 5.97 Å². The summed E-state index contributed by atoms with van der Waals surface area (Å²) in [6, 6.07) is 9.50. The molecular formula is C19H26N4O2. The zero-order valence-corrected chi connectivity index (χ0v) is 14.7. The molecule has 1 saturated heterocycles. The van der Waals surface area contributed by atoms with Gasteiger partial charge in [0.1, 0.15) is 6.04 Å². The minimum Gasteiger partial charge on any atom is -0.480 e. The van der Waals surface area contributed by atoms with E-state index in [9.17, 15) is 9.90 Å². The summed E-state index contributed by atoms with van der Waals surface area (Å²) in [5.74, 6) is -0.786. The number of carboxylic acids is 1. The zero-order chi connectivity index (χ0) is 17.6. The van der Waals surface area contributed by atoms with E-state index in [4.69, 9.17) is 0 Å². The number of carbonyl (C=O) groups is 1. The van der Waals surface area contributed by atoms with Crippen molar-refractivity contribution in [2.45, 2.75) is 32.4 Å². The van der Waals surface area contributed by atoms with Gasteiger partial charge < -0.3 is 10.0 Å². The maximum Gasteiger partial charge on any atom is 0.320 e. The van der Waals surface area contributed by atoms with Crippen LogP contribution < -0.4 is 0 Å². The van der Waals surface area contributed by atoms with Crippen LogP contribution in [0.1, 0.15) is 25.3 Å². The molecule has 134 valence electrons. The van der Waals surface area contributed by atoms with Crippen LogP contribution in [0.4, 0.5) is 0 Å². The molecule has 6 heteroatoms. The smallest absolute Gasteiger partial charge is 0.320 e. The fourth-order valence-corrected chi connectivity index (χ4v) is 3.35. The first-order valence-electron chi connectivity index (χ1n) is 8.92. The number of hydrogen-bond donors (Lipinski definition) is 2. The minimum absolute atomic E-state index is 0.527. The summed E-state index contributed by atoms with van der Waals surface area (Å²) in [7, 11) is 0. The van der Waals surface area contributed by atoms with Gasteiger partial charge in [-0.3, -0.25) is 14.8 Å². The fourth-order valence-electron chi connectivity index (χ4n) is 3.35. The van der Waals surface area contributed by atoms with Crippen molar-refractivity contribution in [3.8, 4) is 11.3 Å². The number of H-pyrrole nitrogens is 1. The van der Waals surface area contributed by atoms with Gasteiger partial charge in [0.15, 0.2) is 0 Å². The van der Waals surface area contributed by atoms with Gasteiger partial charge in [-0.05, 0) is 38.4 Å². The van der Waals surface area contributed by atoms with E-state index in [0.29, 0.717) is 6.54 Å². The first-order chi connectivity index (χ1) is 12.1. The summed E-state index contributed by atoms with van der Waals surface area (Å²) in [4.78, 5) is 16.0. The van der Waals surface area contributed by atoms with Crippen LogP contribution in [0, 0.1) is 0 Å². The summed E-state index contributed by atoms with van der Waals surface area (Å²) < 4.78 is 0. The molecule has 1 atom stereocenters. The molecule has 1 fully saturated rings. The molecule has 1 aliphatic rings. The van der Waals surface area contributed by atoms with E-state index in [0.717, 1.165) is 43.0 Å². The van der Waals surface area contributed by atoms with Crippen LogP contribution in [0.5, 0.6) is 0 Å². The lowest BCUT2D eigenvalue weighted by molar-refractivity contribution is -0.142. The Morgan fingerprint density at radius 2 is 2.04 bits per heavy atom. The third kappa shape index (κ3) is 4.46. The Morgan fingerprint density at radius 1 is 1.32 bits per heavy atom. The Morgan fingerprint density at radius 3 is 2.72 bits per heavy atom. The van der Waals surface area contributed by atoms with Crippen LogP contribution >= 0.6 is 0 Å². The van der Waals surface area contributed by atoms with Crippen molar-refractivity contribution < 1.29 is 9.90 Å². The topological polar surface area (TPSA) is 72.5 Å². The Bertz CT molecular complexity index is 680. The molecule has 0 aliphatic carbocycles. The lowest BCUT2D eigenvalue weighted by Gasteiger charge is -2.28. The highest BCUT2D eigenvalue weighted by molar-refractivity contribution is 5.73. The van der Waals surface area contributed by atoms with Crippen molar-refractivity contribution in [2.24, 2.45) is 0 Å². The summed E-state index contributed by atoms with van der Waals surface area (Å²) >= 11 is 0. The van der Waals surface area contributed by atoms with Gasteiger partial charge in [-0.15, -0.1) is 0 Å². The number of carboxylic acid groups (broad SMARTS) is 1. The van der Waals surface area contributed by atoms with Crippen LogP contribution in [0.15, 0.2) is 36.5 Å². The molecule has 1 aliphatic heterocycles. The molecule has 1 aromatic heterocycles. The minimum atomic E-state index is -0.786. The van der Waals surface area contributed by atoms with Gasteiger partial charge in [-0.1, -0.05) is 30.3 Å². The lowest BCUT2D eigenvalue weighted by Crippen LogP contribution is -2.42. The largest absolute Gasteiger partial charge is 0.480 e. The highest BCUT2D eigenvalue weighted by Crippen LogP contribution is 2.22. The van der Waals surface area contributed by atoms with E-state index in [-0.39, 0.29) is 0 Å². The molecule has 1 unspecified atom stereocenters. The maximum absolute atomic E-state index is 11.5. The van der Waals surface area contributed by atoms with Gasteiger partial charge in [0.25, 0.3) is 0 Å². The molecule has 2 N–H and O–H groups in total. The monoisotopic (exact) mass is 342 g/mol. The standard InChI is InChI=1S/C19H26N4O2/c1-15(19(24)25)23(12-11-22-9-5-6-10-22)14-17-13-20-21-18(17)16-7-3-2-4-8-16/h2-4,7-8,13,15H,5-6,9-12,14H2,1H3,(H,20,21)(H,24,25). The summed E-state index contributed by atoms with van der Waals surface area (Å²) in [5.41, 5.74) is 3.06. The molecule has 0 saturated carbocycles. The third-order valence-corrected chi connectivity index (χ3v) is 4.96. The van der Waals surface area contributed by atoms with Crippen molar-refractivity contribution in [1.29, 1.82) is 0 Å². The number of nitrogens with zero attached hydrogens (tertiary/aromatic N) is 3. The quantitative estimate of drug-likeness (QED) is 0.771. The molecule has 0 amide bonds. The van der Waals surface area contributed by atoms with E-state index in [1.807, 2.05) is 35.2 Å². The molecule has 0 radical (unpaired) electrons. The lowest BCUT2D eigenvalue weighted by atomic mass is 10.1. The Labute approximate surface area is 148 Å². The molecule has 1 aromatic carbocycles. The summed E-state index contributed by atoms with van der Waals surface area (Å²) in [6.07, 6.45) is 4.29. The molecular weight excluding hydrogens is 316 g/mol. The number of likely N-dealkylation sites (tertiary alicyclic amines) is 1. The van der Waals surface area contributed by atoms with Crippen molar-refractivity contribution in [3.05, 3.63) is 42.1 Å². The summed E-state index contributed by atoms with van der Waals surface area (Å²) in [6.45, 7) is 6.23. The first kappa shape index (κ1) is 17.6. The second-order valence-corrected chi connectivity index (χ2v) is 6.67. The van der Waals surface area contributed by atoms with E-state index >= 15 is 0 Å². The normalized spacial score (nSPS) is 16.4. The van der Waals surface area contributed by atoms with Gasteiger partial charge in [0.05, 0.1) is 11.9 Å². The molecule has 25 heavy (non-hydrogen) atoms. The molecule has 2 heterocycles.